The fraction of sp³-hybridized carbons (Fsp3) is 0.350. The number of halogens is 1. The SMILES string of the molecule is C=CC(=O)Nc1cc(NC(=O)C2=CCN(C(=O)OC(C)(C)C)CC2)ccc1F. The lowest BCUT2D eigenvalue weighted by Crippen LogP contribution is -2.40. The molecule has 0 fully saturated rings. The minimum absolute atomic E-state index is 0.0589. The van der Waals surface area contributed by atoms with Gasteiger partial charge in [-0.1, -0.05) is 12.7 Å². The molecule has 2 rings (SSSR count). The average molecular weight is 389 g/mol. The molecular weight excluding hydrogens is 365 g/mol. The molecule has 3 amide bonds. The number of rotatable bonds is 4. The number of carbonyl (C=O) groups is 3. The van der Waals surface area contributed by atoms with Gasteiger partial charge in [-0.2, -0.15) is 0 Å². The number of anilines is 2. The van der Waals surface area contributed by atoms with E-state index < -0.39 is 23.4 Å². The molecule has 150 valence electrons. The third-order valence-corrected chi connectivity index (χ3v) is 3.82. The number of nitrogens with zero attached hydrogens (tertiary/aromatic N) is 1. The Morgan fingerprint density at radius 2 is 1.96 bits per heavy atom. The Morgan fingerprint density at radius 3 is 2.54 bits per heavy atom. The van der Waals surface area contributed by atoms with Crippen molar-refractivity contribution in [2.45, 2.75) is 32.8 Å². The summed E-state index contributed by atoms with van der Waals surface area (Å²) in [5.41, 5.74) is 0.207. The fourth-order valence-electron chi connectivity index (χ4n) is 2.46. The molecule has 0 saturated heterocycles. The second-order valence-corrected chi connectivity index (χ2v) is 7.25. The van der Waals surface area contributed by atoms with Crippen molar-refractivity contribution < 1.29 is 23.5 Å². The van der Waals surface area contributed by atoms with E-state index in [1.165, 1.54) is 17.0 Å². The zero-order chi connectivity index (χ0) is 20.9. The summed E-state index contributed by atoms with van der Waals surface area (Å²) in [6.45, 7) is 9.30. The van der Waals surface area contributed by atoms with E-state index in [2.05, 4.69) is 17.2 Å². The van der Waals surface area contributed by atoms with Gasteiger partial charge in [-0.05, 0) is 51.5 Å². The summed E-state index contributed by atoms with van der Waals surface area (Å²) in [5.74, 6) is -1.53. The molecule has 1 aromatic carbocycles. The lowest BCUT2D eigenvalue weighted by atomic mass is 10.1. The van der Waals surface area contributed by atoms with Crippen LogP contribution in [0.4, 0.5) is 20.6 Å². The van der Waals surface area contributed by atoms with Crippen LogP contribution < -0.4 is 10.6 Å². The molecule has 1 aromatic rings. The van der Waals surface area contributed by atoms with E-state index in [0.29, 0.717) is 24.2 Å². The first-order valence-electron chi connectivity index (χ1n) is 8.80. The largest absolute Gasteiger partial charge is 0.444 e. The summed E-state index contributed by atoms with van der Waals surface area (Å²) >= 11 is 0. The first-order chi connectivity index (χ1) is 13.1. The van der Waals surface area contributed by atoms with Crippen LogP contribution in [0.1, 0.15) is 27.2 Å². The Hall–Kier alpha value is -3.16. The summed E-state index contributed by atoms with van der Waals surface area (Å²) in [7, 11) is 0. The van der Waals surface area contributed by atoms with Gasteiger partial charge in [0.1, 0.15) is 11.4 Å². The van der Waals surface area contributed by atoms with E-state index >= 15 is 0 Å². The number of benzene rings is 1. The van der Waals surface area contributed by atoms with Crippen molar-refractivity contribution in [2.24, 2.45) is 0 Å². The maximum atomic E-state index is 13.8. The van der Waals surface area contributed by atoms with Crippen LogP contribution in [0.15, 0.2) is 42.5 Å². The zero-order valence-electron chi connectivity index (χ0n) is 16.2. The number of nitrogens with one attached hydrogen (secondary N) is 2. The van der Waals surface area contributed by atoms with E-state index in [9.17, 15) is 18.8 Å². The van der Waals surface area contributed by atoms with Gasteiger partial charge in [-0.3, -0.25) is 9.59 Å². The number of ether oxygens (including phenoxy) is 1. The van der Waals surface area contributed by atoms with Crippen molar-refractivity contribution in [1.82, 2.24) is 4.90 Å². The number of carbonyl (C=O) groups excluding carboxylic acids is 3. The predicted octanol–water partition coefficient (Wildman–Crippen LogP) is 3.46. The molecule has 0 bridgehead atoms. The maximum Gasteiger partial charge on any atom is 0.410 e. The molecule has 2 N–H and O–H groups in total. The molecule has 0 aromatic heterocycles. The van der Waals surface area contributed by atoms with Crippen LogP contribution in [0.2, 0.25) is 0 Å². The Labute approximate surface area is 163 Å². The van der Waals surface area contributed by atoms with Gasteiger partial charge in [0.05, 0.1) is 5.69 Å². The lowest BCUT2D eigenvalue weighted by molar-refractivity contribution is -0.113. The molecule has 0 saturated carbocycles. The van der Waals surface area contributed by atoms with Gasteiger partial charge in [0.2, 0.25) is 5.91 Å². The minimum Gasteiger partial charge on any atom is -0.444 e. The maximum absolute atomic E-state index is 13.8. The van der Waals surface area contributed by atoms with E-state index in [0.717, 1.165) is 12.1 Å². The molecule has 0 spiro atoms. The molecule has 28 heavy (non-hydrogen) atoms. The van der Waals surface area contributed by atoms with E-state index in [4.69, 9.17) is 4.74 Å². The van der Waals surface area contributed by atoms with Crippen LogP contribution in [0, 0.1) is 5.82 Å². The van der Waals surface area contributed by atoms with E-state index in [-0.39, 0.29) is 18.1 Å². The van der Waals surface area contributed by atoms with Gasteiger partial charge < -0.3 is 20.3 Å². The summed E-state index contributed by atoms with van der Waals surface area (Å²) in [6, 6.07) is 3.87. The van der Waals surface area contributed by atoms with Crippen molar-refractivity contribution >= 4 is 29.3 Å². The summed E-state index contributed by atoms with van der Waals surface area (Å²) < 4.78 is 19.1. The molecule has 0 unspecified atom stereocenters. The normalized spacial score (nSPS) is 14.0. The standard InChI is InChI=1S/C20H24FN3O4/c1-5-17(25)23-16-12-14(6-7-15(16)21)22-18(26)13-8-10-24(11-9-13)19(27)28-20(2,3)4/h5-8,12H,1,9-11H2,2-4H3,(H,22,26)(H,23,25). The molecule has 7 nitrogen and oxygen atoms in total. The monoisotopic (exact) mass is 389 g/mol. The topological polar surface area (TPSA) is 87.7 Å². The van der Waals surface area contributed by atoms with Crippen LogP contribution in [-0.4, -0.2) is 41.5 Å². The second kappa shape index (κ2) is 8.69. The average Bonchev–Trinajstić information content (AvgIpc) is 2.63. The third-order valence-electron chi connectivity index (χ3n) is 3.82. The third kappa shape index (κ3) is 5.94. The van der Waals surface area contributed by atoms with Gasteiger partial charge in [0, 0.05) is 24.4 Å². The Bertz CT molecular complexity index is 827. The van der Waals surface area contributed by atoms with Gasteiger partial charge in [-0.25, -0.2) is 9.18 Å². The van der Waals surface area contributed by atoms with Crippen molar-refractivity contribution in [3.8, 4) is 0 Å². The molecule has 8 heteroatoms. The van der Waals surface area contributed by atoms with Crippen LogP contribution >= 0.6 is 0 Å². The van der Waals surface area contributed by atoms with Gasteiger partial charge >= 0.3 is 6.09 Å². The Balaban J connectivity index is 2.00. The van der Waals surface area contributed by atoms with Crippen LogP contribution in [0.3, 0.4) is 0 Å². The van der Waals surface area contributed by atoms with Crippen molar-refractivity contribution in [1.29, 1.82) is 0 Å². The smallest absolute Gasteiger partial charge is 0.410 e. The molecule has 0 aliphatic carbocycles. The second-order valence-electron chi connectivity index (χ2n) is 7.25. The van der Waals surface area contributed by atoms with E-state index in [1.54, 1.807) is 26.8 Å². The molecule has 1 aliphatic heterocycles. The summed E-state index contributed by atoms with van der Waals surface area (Å²) in [5, 5.41) is 5.00. The Morgan fingerprint density at radius 1 is 1.25 bits per heavy atom. The van der Waals surface area contributed by atoms with Crippen LogP contribution in [-0.2, 0) is 14.3 Å². The fourth-order valence-corrected chi connectivity index (χ4v) is 2.46. The molecule has 1 aliphatic rings. The van der Waals surface area contributed by atoms with Crippen molar-refractivity contribution in [3.05, 3.63) is 48.3 Å². The van der Waals surface area contributed by atoms with Crippen LogP contribution in [0.25, 0.3) is 0 Å². The van der Waals surface area contributed by atoms with E-state index in [1.807, 2.05) is 0 Å². The molecular formula is C20H24FN3O4. The van der Waals surface area contributed by atoms with Crippen molar-refractivity contribution in [3.63, 3.8) is 0 Å². The predicted molar refractivity (Wildman–Crippen MR) is 104 cm³/mol. The molecule has 0 atom stereocenters. The minimum atomic E-state index is -0.627. The number of amides is 3. The Kier molecular flexibility index (Phi) is 6.56. The highest BCUT2D eigenvalue weighted by atomic mass is 19.1. The highest BCUT2D eigenvalue weighted by Crippen LogP contribution is 2.22. The quantitative estimate of drug-likeness (QED) is 0.772. The first kappa shape index (κ1) is 21.1. The highest BCUT2D eigenvalue weighted by molar-refractivity contribution is 6.04. The van der Waals surface area contributed by atoms with Gasteiger partial charge in [-0.15, -0.1) is 0 Å². The molecule has 0 radical (unpaired) electrons. The van der Waals surface area contributed by atoms with Gasteiger partial charge in [0.25, 0.3) is 5.91 Å². The van der Waals surface area contributed by atoms with Crippen molar-refractivity contribution in [2.75, 3.05) is 23.7 Å². The van der Waals surface area contributed by atoms with Crippen LogP contribution in [0.5, 0.6) is 0 Å². The first-order valence-corrected chi connectivity index (χ1v) is 8.80. The van der Waals surface area contributed by atoms with Gasteiger partial charge in [0.15, 0.2) is 0 Å². The summed E-state index contributed by atoms with van der Waals surface area (Å²) in [4.78, 5) is 37.4. The number of hydrogen-bond donors (Lipinski definition) is 2. The highest BCUT2D eigenvalue weighted by Gasteiger charge is 2.25. The zero-order valence-corrected chi connectivity index (χ0v) is 16.2. The lowest BCUT2D eigenvalue weighted by Gasteiger charge is -2.29. The molecule has 1 heterocycles. The summed E-state index contributed by atoms with van der Waals surface area (Å²) in [6.07, 6.45) is 2.62. The number of hydrogen-bond acceptors (Lipinski definition) is 4.